The third kappa shape index (κ3) is 6.42. The Morgan fingerprint density at radius 3 is 2.52 bits per heavy atom. The molecule has 0 spiro atoms. The number of hydrogen-bond donors (Lipinski definition) is 2. The van der Waals surface area contributed by atoms with Crippen molar-refractivity contribution in [3.05, 3.63) is 65.5 Å². The summed E-state index contributed by atoms with van der Waals surface area (Å²) in [6.07, 6.45) is 0.233. The van der Waals surface area contributed by atoms with Gasteiger partial charge in [-0.3, -0.25) is 4.79 Å². The number of nitrogens with one attached hydrogen (secondary N) is 2. The lowest BCUT2D eigenvalue weighted by molar-refractivity contribution is 0.0951. The average molecular weight is 393 g/mol. The molecular formula is C19H24FN3O3S. The van der Waals surface area contributed by atoms with E-state index in [9.17, 15) is 17.6 Å². The lowest BCUT2D eigenvalue weighted by atomic mass is 10.1. The van der Waals surface area contributed by atoms with Gasteiger partial charge in [-0.2, -0.15) is 0 Å². The Hall–Kier alpha value is -2.29. The largest absolute Gasteiger partial charge is 0.351 e. The Bertz CT molecular complexity index is 885. The first kappa shape index (κ1) is 21.0. The van der Waals surface area contributed by atoms with Crippen molar-refractivity contribution in [2.75, 3.05) is 33.7 Å². The molecule has 0 aliphatic heterocycles. The number of nitrogens with zero attached hydrogens (tertiary/aromatic N) is 1. The molecule has 6 nitrogen and oxygen atoms in total. The van der Waals surface area contributed by atoms with Crippen LogP contribution in [0.25, 0.3) is 0 Å². The van der Waals surface area contributed by atoms with E-state index in [1.54, 1.807) is 24.3 Å². The van der Waals surface area contributed by atoms with Crippen molar-refractivity contribution in [2.45, 2.75) is 11.3 Å². The predicted octanol–water partition coefficient (Wildman–Crippen LogP) is 1.64. The molecule has 2 aromatic rings. The second-order valence-corrected chi connectivity index (χ2v) is 8.09. The quantitative estimate of drug-likeness (QED) is 0.679. The Balaban J connectivity index is 1.99. The minimum atomic E-state index is -3.79. The second-order valence-electron chi connectivity index (χ2n) is 6.33. The number of amides is 1. The predicted molar refractivity (Wildman–Crippen MR) is 103 cm³/mol. The average Bonchev–Trinajstić information content (AvgIpc) is 2.63. The minimum Gasteiger partial charge on any atom is -0.351 e. The summed E-state index contributed by atoms with van der Waals surface area (Å²) in [5.74, 6) is -0.701. The van der Waals surface area contributed by atoms with Crippen LogP contribution in [0, 0.1) is 5.82 Å². The molecule has 8 heteroatoms. The summed E-state index contributed by atoms with van der Waals surface area (Å²) in [5.41, 5.74) is 0.708. The van der Waals surface area contributed by atoms with Crippen LogP contribution in [0.4, 0.5) is 4.39 Å². The number of hydrogen-bond acceptors (Lipinski definition) is 4. The minimum absolute atomic E-state index is 0.00343. The molecule has 0 heterocycles. The number of sulfonamides is 1. The van der Waals surface area contributed by atoms with Crippen molar-refractivity contribution < 1.29 is 17.6 Å². The van der Waals surface area contributed by atoms with Crippen LogP contribution in [0.3, 0.4) is 0 Å². The maximum atomic E-state index is 13.6. The molecule has 0 aliphatic rings. The number of carbonyl (C=O) groups excluding carboxylic acids is 1. The van der Waals surface area contributed by atoms with E-state index in [4.69, 9.17) is 0 Å². The topological polar surface area (TPSA) is 78.5 Å². The molecule has 0 bridgehead atoms. The van der Waals surface area contributed by atoms with Gasteiger partial charge in [-0.15, -0.1) is 0 Å². The van der Waals surface area contributed by atoms with Gasteiger partial charge in [0.25, 0.3) is 5.91 Å². The SMILES string of the molecule is CN(C)CCNC(=O)c1cccc(S(=O)(=O)NCCc2ccccc2F)c1. The molecule has 0 fully saturated rings. The van der Waals surface area contributed by atoms with E-state index < -0.39 is 10.0 Å². The van der Waals surface area contributed by atoms with Gasteiger partial charge in [0.1, 0.15) is 5.82 Å². The molecular weight excluding hydrogens is 369 g/mol. The van der Waals surface area contributed by atoms with Crippen LogP contribution in [-0.2, 0) is 16.4 Å². The van der Waals surface area contributed by atoms with Crippen molar-refractivity contribution in [3.63, 3.8) is 0 Å². The summed E-state index contributed by atoms with van der Waals surface area (Å²) in [6.45, 7) is 1.20. The maximum absolute atomic E-state index is 13.6. The van der Waals surface area contributed by atoms with E-state index in [1.807, 2.05) is 19.0 Å². The van der Waals surface area contributed by atoms with E-state index in [2.05, 4.69) is 10.0 Å². The monoisotopic (exact) mass is 393 g/mol. The number of halogens is 1. The first-order valence-electron chi connectivity index (χ1n) is 8.55. The Kier molecular flexibility index (Phi) is 7.46. The van der Waals surface area contributed by atoms with E-state index in [-0.39, 0.29) is 35.1 Å². The van der Waals surface area contributed by atoms with Gasteiger partial charge in [-0.1, -0.05) is 24.3 Å². The zero-order valence-corrected chi connectivity index (χ0v) is 16.2. The summed E-state index contributed by atoms with van der Waals surface area (Å²) >= 11 is 0. The number of benzene rings is 2. The zero-order chi connectivity index (χ0) is 19.9. The molecule has 2 aromatic carbocycles. The van der Waals surface area contributed by atoms with Crippen LogP contribution in [0.15, 0.2) is 53.4 Å². The van der Waals surface area contributed by atoms with Crippen LogP contribution in [0.5, 0.6) is 0 Å². The molecule has 2 rings (SSSR count). The van der Waals surface area contributed by atoms with Crippen LogP contribution in [0.2, 0.25) is 0 Å². The smallest absolute Gasteiger partial charge is 0.251 e. The summed E-state index contributed by atoms with van der Waals surface area (Å²) in [6, 6.07) is 12.1. The van der Waals surface area contributed by atoms with Crippen LogP contribution in [-0.4, -0.2) is 53.0 Å². The highest BCUT2D eigenvalue weighted by molar-refractivity contribution is 7.89. The molecule has 2 N–H and O–H groups in total. The van der Waals surface area contributed by atoms with E-state index in [1.165, 1.54) is 24.3 Å². The maximum Gasteiger partial charge on any atom is 0.251 e. The number of rotatable bonds is 9. The normalized spacial score (nSPS) is 11.6. The summed E-state index contributed by atoms with van der Waals surface area (Å²) < 4.78 is 40.9. The van der Waals surface area contributed by atoms with E-state index >= 15 is 0 Å². The van der Waals surface area contributed by atoms with Crippen molar-refractivity contribution in [1.29, 1.82) is 0 Å². The lowest BCUT2D eigenvalue weighted by Gasteiger charge is -2.11. The molecule has 0 radical (unpaired) electrons. The third-order valence-electron chi connectivity index (χ3n) is 3.90. The summed E-state index contributed by atoms with van der Waals surface area (Å²) in [7, 11) is -0.00357. The Morgan fingerprint density at radius 2 is 1.81 bits per heavy atom. The zero-order valence-electron chi connectivity index (χ0n) is 15.4. The van der Waals surface area contributed by atoms with E-state index in [0.717, 1.165) is 0 Å². The van der Waals surface area contributed by atoms with Gasteiger partial charge in [0.2, 0.25) is 10.0 Å². The first-order chi connectivity index (χ1) is 12.8. The molecule has 1 amide bonds. The number of carbonyl (C=O) groups is 1. The lowest BCUT2D eigenvalue weighted by Crippen LogP contribution is -2.31. The van der Waals surface area contributed by atoms with Crippen molar-refractivity contribution in [1.82, 2.24) is 14.9 Å². The van der Waals surface area contributed by atoms with Crippen LogP contribution < -0.4 is 10.0 Å². The van der Waals surface area contributed by atoms with Gasteiger partial charge in [0.15, 0.2) is 0 Å². The highest BCUT2D eigenvalue weighted by Gasteiger charge is 2.16. The van der Waals surface area contributed by atoms with Gasteiger partial charge in [-0.25, -0.2) is 17.5 Å². The van der Waals surface area contributed by atoms with Crippen LogP contribution >= 0.6 is 0 Å². The summed E-state index contributed by atoms with van der Waals surface area (Å²) in [4.78, 5) is 14.1. The van der Waals surface area contributed by atoms with Crippen LogP contribution in [0.1, 0.15) is 15.9 Å². The molecule has 0 atom stereocenters. The fraction of sp³-hybridized carbons (Fsp3) is 0.316. The third-order valence-corrected chi connectivity index (χ3v) is 5.35. The highest BCUT2D eigenvalue weighted by atomic mass is 32.2. The summed E-state index contributed by atoms with van der Waals surface area (Å²) in [5, 5.41) is 2.74. The fourth-order valence-electron chi connectivity index (χ4n) is 2.40. The fourth-order valence-corrected chi connectivity index (χ4v) is 3.48. The molecule has 0 unspecified atom stereocenters. The standard InChI is InChI=1S/C19H24FN3O3S/c1-23(2)13-12-21-19(24)16-7-5-8-17(14-16)27(25,26)22-11-10-15-6-3-4-9-18(15)20/h3-9,14,22H,10-13H2,1-2H3,(H,21,24). The second kappa shape index (κ2) is 9.59. The molecule has 146 valence electrons. The highest BCUT2D eigenvalue weighted by Crippen LogP contribution is 2.12. The van der Waals surface area contributed by atoms with Crippen molar-refractivity contribution >= 4 is 15.9 Å². The van der Waals surface area contributed by atoms with Gasteiger partial charge in [-0.05, 0) is 50.3 Å². The number of likely N-dealkylation sites (N-methyl/N-ethyl adjacent to an activating group) is 1. The molecule has 27 heavy (non-hydrogen) atoms. The van der Waals surface area contributed by atoms with Crippen molar-refractivity contribution in [2.24, 2.45) is 0 Å². The van der Waals surface area contributed by atoms with E-state index in [0.29, 0.717) is 18.7 Å². The van der Waals surface area contributed by atoms with Gasteiger partial charge in [0, 0.05) is 25.2 Å². The van der Waals surface area contributed by atoms with Gasteiger partial charge in [0.05, 0.1) is 4.90 Å². The first-order valence-corrected chi connectivity index (χ1v) is 10.0. The molecule has 0 saturated heterocycles. The Morgan fingerprint density at radius 1 is 1.07 bits per heavy atom. The van der Waals surface area contributed by atoms with Gasteiger partial charge < -0.3 is 10.2 Å². The molecule has 0 aliphatic carbocycles. The molecule has 0 saturated carbocycles. The Labute approximate surface area is 159 Å². The van der Waals surface area contributed by atoms with Gasteiger partial charge >= 0.3 is 0 Å². The van der Waals surface area contributed by atoms with Crippen molar-refractivity contribution in [3.8, 4) is 0 Å². The molecule has 0 aromatic heterocycles.